The van der Waals surface area contributed by atoms with Gasteiger partial charge in [-0.3, -0.25) is 9.48 Å². The molecule has 0 aliphatic rings. The number of hydrogen-bond acceptors (Lipinski definition) is 2. The van der Waals surface area contributed by atoms with Gasteiger partial charge >= 0.3 is 0 Å². The number of carbonyl (C=O) groups excluding carboxylic acids is 1. The molecule has 0 spiro atoms. The molecule has 2 aromatic heterocycles. The summed E-state index contributed by atoms with van der Waals surface area (Å²) in [5.74, 6) is -0.0373. The number of carbonyl (C=O) groups is 1. The first-order chi connectivity index (χ1) is 10.6. The van der Waals surface area contributed by atoms with Gasteiger partial charge in [-0.25, -0.2) is 4.39 Å². The van der Waals surface area contributed by atoms with E-state index in [1.807, 2.05) is 24.5 Å². The lowest BCUT2D eigenvalue weighted by atomic mass is 10.2. The predicted molar refractivity (Wildman–Crippen MR) is 81.6 cm³/mol. The average Bonchev–Trinajstić information content (AvgIpc) is 3.11. The van der Waals surface area contributed by atoms with Gasteiger partial charge < -0.3 is 9.88 Å². The molecule has 0 unspecified atom stereocenters. The number of aryl methyl sites for hydroxylation is 2. The van der Waals surface area contributed by atoms with Crippen molar-refractivity contribution in [3.8, 4) is 5.82 Å². The number of benzene rings is 1. The Morgan fingerprint density at radius 3 is 2.68 bits per heavy atom. The molecule has 0 aliphatic heterocycles. The first-order valence-corrected chi connectivity index (χ1v) is 6.79. The van der Waals surface area contributed by atoms with Crippen molar-refractivity contribution < 1.29 is 9.18 Å². The van der Waals surface area contributed by atoms with Crippen LogP contribution >= 0.6 is 0 Å². The van der Waals surface area contributed by atoms with Gasteiger partial charge in [-0.1, -0.05) is 6.07 Å². The van der Waals surface area contributed by atoms with E-state index in [2.05, 4.69) is 10.4 Å². The van der Waals surface area contributed by atoms with Crippen LogP contribution in [0.3, 0.4) is 0 Å². The largest absolute Gasteiger partial charge is 0.322 e. The number of halogens is 1. The molecule has 0 bridgehead atoms. The van der Waals surface area contributed by atoms with Gasteiger partial charge in [0.2, 0.25) is 0 Å². The minimum atomic E-state index is -0.352. The molecule has 1 aromatic carbocycles. The molecule has 2 heterocycles. The number of anilines is 1. The fourth-order valence-corrected chi connectivity index (χ4v) is 2.24. The molecule has 0 fully saturated rings. The van der Waals surface area contributed by atoms with Crippen LogP contribution in [0.2, 0.25) is 0 Å². The summed E-state index contributed by atoms with van der Waals surface area (Å²) < 4.78 is 17.0. The quantitative estimate of drug-likeness (QED) is 0.808. The topological polar surface area (TPSA) is 51.9 Å². The maximum absolute atomic E-state index is 13.6. The highest BCUT2D eigenvalue weighted by Gasteiger charge is 2.17. The van der Waals surface area contributed by atoms with Crippen molar-refractivity contribution in [3.63, 3.8) is 0 Å². The minimum absolute atomic E-state index is 0.333. The van der Waals surface area contributed by atoms with E-state index in [1.165, 1.54) is 12.3 Å². The number of amides is 1. The fourth-order valence-electron chi connectivity index (χ4n) is 2.24. The lowest BCUT2D eigenvalue weighted by Crippen LogP contribution is -2.15. The van der Waals surface area contributed by atoms with Gasteiger partial charge in [0.15, 0.2) is 0 Å². The van der Waals surface area contributed by atoms with E-state index in [9.17, 15) is 9.18 Å². The van der Waals surface area contributed by atoms with Crippen molar-refractivity contribution in [2.45, 2.75) is 6.92 Å². The highest BCUT2D eigenvalue weighted by molar-refractivity contribution is 6.06. The summed E-state index contributed by atoms with van der Waals surface area (Å²) >= 11 is 0. The van der Waals surface area contributed by atoms with E-state index >= 15 is 0 Å². The summed E-state index contributed by atoms with van der Waals surface area (Å²) in [6, 6.07) is 8.33. The van der Waals surface area contributed by atoms with Crippen LogP contribution in [0.15, 0.2) is 48.9 Å². The highest BCUT2D eigenvalue weighted by Crippen LogP contribution is 2.18. The molecular weight excluding hydrogens is 283 g/mol. The number of nitrogens with zero attached hydrogens (tertiary/aromatic N) is 3. The van der Waals surface area contributed by atoms with Crippen LogP contribution in [-0.4, -0.2) is 20.3 Å². The Bertz CT molecular complexity index is 821. The van der Waals surface area contributed by atoms with E-state index in [1.54, 1.807) is 35.4 Å². The third-order valence-corrected chi connectivity index (χ3v) is 3.43. The molecule has 1 N–H and O–H groups in total. The van der Waals surface area contributed by atoms with Crippen LogP contribution in [0.25, 0.3) is 5.82 Å². The monoisotopic (exact) mass is 298 g/mol. The molecule has 0 saturated heterocycles. The zero-order valence-corrected chi connectivity index (χ0v) is 12.2. The predicted octanol–water partition coefficient (Wildman–Crippen LogP) is 2.91. The zero-order valence-electron chi connectivity index (χ0n) is 12.2. The van der Waals surface area contributed by atoms with Crippen LogP contribution in [0.1, 0.15) is 15.9 Å². The van der Waals surface area contributed by atoms with Gasteiger partial charge in [0.1, 0.15) is 17.2 Å². The van der Waals surface area contributed by atoms with E-state index in [-0.39, 0.29) is 11.7 Å². The maximum atomic E-state index is 13.6. The van der Waals surface area contributed by atoms with Crippen molar-refractivity contribution in [1.82, 2.24) is 14.3 Å². The van der Waals surface area contributed by atoms with Crippen molar-refractivity contribution in [1.29, 1.82) is 0 Å². The molecule has 6 heteroatoms. The molecule has 0 radical (unpaired) electrons. The zero-order chi connectivity index (χ0) is 15.7. The molecule has 3 aromatic rings. The molecule has 3 rings (SSSR count). The van der Waals surface area contributed by atoms with Gasteiger partial charge in [-0.05, 0) is 36.8 Å². The molecule has 5 nitrogen and oxygen atoms in total. The molecule has 112 valence electrons. The Labute approximate surface area is 127 Å². The Kier molecular flexibility index (Phi) is 3.50. The van der Waals surface area contributed by atoms with Gasteiger partial charge in [0.25, 0.3) is 5.91 Å². The minimum Gasteiger partial charge on any atom is -0.322 e. The summed E-state index contributed by atoms with van der Waals surface area (Å²) in [5, 5.41) is 6.82. The Morgan fingerprint density at radius 1 is 1.27 bits per heavy atom. The molecule has 22 heavy (non-hydrogen) atoms. The smallest absolute Gasteiger partial charge is 0.261 e. The molecule has 1 amide bonds. The van der Waals surface area contributed by atoms with Gasteiger partial charge in [-0.15, -0.1) is 0 Å². The summed E-state index contributed by atoms with van der Waals surface area (Å²) in [6.45, 7) is 1.67. The van der Waals surface area contributed by atoms with Crippen LogP contribution < -0.4 is 5.32 Å². The molecule has 0 saturated carbocycles. The molecule has 0 atom stereocenters. The number of aromatic nitrogens is 3. The van der Waals surface area contributed by atoms with Gasteiger partial charge in [0, 0.05) is 25.1 Å². The van der Waals surface area contributed by atoms with E-state index in [0.29, 0.717) is 22.6 Å². The van der Waals surface area contributed by atoms with Crippen molar-refractivity contribution in [2.24, 2.45) is 7.05 Å². The van der Waals surface area contributed by atoms with Crippen molar-refractivity contribution >= 4 is 11.6 Å². The second-order valence-corrected chi connectivity index (χ2v) is 5.01. The normalized spacial score (nSPS) is 10.7. The van der Waals surface area contributed by atoms with E-state index in [4.69, 9.17) is 0 Å². The highest BCUT2D eigenvalue weighted by atomic mass is 19.1. The van der Waals surface area contributed by atoms with Crippen molar-refractivity contribution in [2.75, 3.05) is 5.32 Å². The number of nitrogens with one attached hydrogen (secondary N) is 1. The number of rotatable bonds is 3. The summed E-state index contributed by atoms with van der Waals surface area (Å²) in [5.41, 5.74) is 1.36. The average molecular weight is 298 g/mol. The SMILES string of the molecule is Cc1ccc(NC(=O)c2cnn(C)c2-n2cccc2)cc1F. The number of hydrogen-bond donors (Lipinski definition) is 1. The Morgan fingerprint density at radius 2 is 2.00 bits per heavy atom. The van der Waals surface area contributed by atoms with Crippen molar-refractivity contribution in [3.05, 3.63) is 65.9 Å². The van der Waals surface area contributed by atoms with Gasteiger partial charge in [-0.2, -0.15) is 5.10 Å². The first kappa shape index (κ1) is 14.1. The van der Waals surface area contributed by atoms with Crippen LogP contribution in [0.5, 0.6) is 0 Å². The second-order valence-electron chi connectivity index (χ2n) is 5.01. The van der Waals surface area contributed by atoms with E-state index < -0.39 is 0 Å². The standard InChI is InChI=1S/C16H15FN4O/c1-11-5-6-12(9-14(11)17)19-15(22)13-10-18-20(2)16(13)21-7-3-4-8-21/h3-10H,1-2H3,(H,19,22). The van der Waals surface area contributed by atoms with Crippen LogP contribution in [-0.2, 0) is 7.05 Å². The van der Waals surface area contributed by atoms with Crippen LogP contribution in [0, 0.1) is 12.7 Å². The molecule has 0 aliphatic carbocycles. The Balaban J connectivity index is 1.91. The van der Waals surface area contributed by atoms with Gasteiger partial charge in [0.05, 0.1) is 6.20 Å². The molecular formula is C16H15FN4O. The summed E-state index contributed by atoms with van der Waals surface area (Å²) in [7, 11) is 1.76. The summed E-state index contributed by atoms with van der Waals surface area (Å²) in [4.78, 5) is 12.4. The fraction of sp³-hybridized carbons (Fsp3) is 0.125. The van der Waals surface area contributed by atoms with Crippen LogP contribution in [0.4, 0.5) is 10.1 Å². The third-order valence-electron chi connectivity index (χ3n) is 3.43. The van der Waals surface area contributed by atoms with E-state index in [0.717, 1.165) is 0 Å². The third kappa shape index (κ3) is 2.50. The summed E-state index contributed by atoms with van der Waals surface area (Å²) in [6.07, 6.45) is 5.16. The lowest BCUT2D eigenvalue weighted by molar-refractivity contribution is 0.102. The Hall–Kier alpha value is -2.89. The second kappa shape index (κ2) is 5.48. The lowest BCUT2D eigenvalue weighted by Gasteiger charge is -2.09. The maximum Gasteiger partial charge on any atom is 0.261 e. The first-order valence-electron chi connectivity index (χ1n) is 6.79.